The maximum Gasteiger partial charge on any atom is 0.313 e. The molecule has 29 heavy (non-hydrogen) atoms. The first kappa shape index (κ1) is 18.7. The van der Waals surface area contributed by atoms with Gasteiger partial charge in [-0.15, -0.1) is 0 Å². The lowest BCUT2D eigenvalue weighted by molar-refractivity contribution is -0.136. The molecule has 1 unspecified atom stereocenters. The van der Waals surface area contributed by atoms with Gasteiger partial charge in [-0.2, -0.15) is 5.10 Å². The van der Waals surface area contributed by atoms with Crippen molar-refractivity contribution < 1.29 is 14.3 Å². The number of pyridine rings is 1. The third-order valence-corrected chi connectivity index (χ3v) is 4.80. The molecule has 0 saturated heterocycles. The number of fused-ring (bicyclic) bond motifs is 1. The van der Waals surface area contributed by atoms with Gasteiger partial charge >= 0.3 is 11.8 Å². The van der Waals surface area contributed by atoms with Gasteiger partial charge in [0.25, 0.3) is 0 Å². The summed E-state index contributed by atoms with van der Waals surface area (Å²) in [5.74, 6) is -0.319. The van der Waals surface area contributed by atoms with Gasteiger partial charge < -0.3 is 15.4 Å². The normalized spacial score (nSPS) is 15.3. The molecule has 2 heterocycles. The molecule has 0 spiro atoms. The Kier molecular flexibility index (Phi) is 5.24. The highest BCUT2D eigenvalue weighted by Gasteiger charge is 2.24. The average Bonchev–Trinajstić information content (AvgIpc) is 3.19. The van der Waals surface area contributed by atoms with Gasteiger partial charge in [0.1, 0.15) is 5.75 Å². The molecular weight excluding hydrogens is 370 g/mol. The summed E-state index contributed by atoms with van der Waals surface area (Å²) in [6, 6.07) is 10.8. The van der Waals surface area contributed by atoms with E-state index in [4.69, 9.17) is 4.74 Å². The Morgan fingerprint density at radius 3 is 2.69 bits per heavy atom. The minimum Gasteiger partial charge on any atom is -0.439 e. The van der Waals surface area contributed by atoms with E-state index in [1.807, 2.05) is 31.2 Å². The van der Waals surface area contributed by atoms with E-state index >= 15 is 0 Å². The number of amides is 2. The Hall–Kier alpha value is -3.68. The second-order valence-corrected chi connectivity index (χ2v) is 7.04. The zero-order valence-electron chi connectivity index (χ0n) is 15.9. The van der Waals surface area contributed by atoms with Crippen LogP contribution in [0.25, 0.3) is 0 Å². The Morgan fingerprint density at radius 2 is 1.93 bits per heavy atom. The number of aromatic nitrogens is 3. The topological polar surface area (TPSA) is 109 Å². The number of nitrogens with one attached hydrogen (secondary N) is 3. The summed E-state index contributed by atoms with van der Waals surface area (Å²) in [6.07, 6.45) is 5.44. The van der Waals surface area contributed by atoms with Crippen molar-refractivity contribution in [2.24, 2.45) is 0 Å². The van der Waals surface area contributed by atoms with Crippen molar-refractivity contribution in [3.8, 4) is 11.6 Å². The number of hydrogen-bond donors (Lipinski definition) is 3. The van der Waals surface area contributed by atoms with E-state index in [2.05, 4.69) is 25.8 Å². The van der Waals surface area contributed by atoms with Gasteiger partial charge in [-0.1, -0.05) is 17.7 Å². The van der Waals surface area contributed by atoms with E-state index in [0.717, 1.165) is 29.7 Å². The number of benzene rings is 1. The molecule has 148 valence electrons. The highest BCUT2D eigenvalue weighted by Crippen LogP contribution is 2.21. The molecule has 2 aromatic heterocycles. The Bertz CT molecular complexity index is 1010. The quantitative estimate of drug-likeness (QED) is 0.592. The number of aryl methyl sites for hydroxylation is 2. The van der Waals surface area contributed by atoms with Crippen LogP contribution in [0.4, 0.5) is 5.69 Å². The number of anilines is 1. The van der Waals surface area contributed by atoms with Crippen LogP contribution in [-0.4, -0.2) is 33.0 Å². The van der Waals surface area contributed by atoms with Crippen LogP contribution >= 0.6 is 0 Å². The van der Waals surface area contributed by atoms with Gasteiger partial charge in [0.05, 0.1) is 18.1 Å². The molecule has 0 saturated carbocycles. The lowest BCUT2D eigenvalue weighted by atomic mass is 9.93. The smallest absolute Gasteiger partial charge is 0.313 e. The molecule has 1 atom stereocenters. The summed E-state index contributed by atoms with van der Waals surface area (Å²) in [5.41, 5.74) is 3.73. The van der Waals surface area contributed by atoms with Crippen LogP contribution in [0.5, 0.6) is 11.6 Å². The minimum absolute atomic E-state index is 0.0817. The number of hydrogen-bond acceptors (Lipinski definition) is 5. The summed E-state index contributed by atoms with van der Waals surface area (Å²) in [5, 5.41) is 12.3. The Morgan fingerprint density at radius 1 is 1.10 bits per heavy atom. The lowest BCUT2D eigenvalue weighted by Crippen LogP contribution is -2.44. The maximum absolute atomic E-state index is 12.2. The molecular formula is C21H21N5O3. The van der Waals surface area contributed by atoms with E-state index < -0.39 is 11.8 Å². The second-order valence-electron chi connectivity index (χ2n) is 7.04. The number of ether oxygens (including phenoxy) is 1. The van der Waals surface area contributed by atoms with E-state index in [1.54, 1.807) is 18.3 Å². The van der Waals surface area contributed by atoms with Crippen molar-refractivity contribution in [3.63, 3.8) is 0 Å². The van der Waals surface area contributed by atoms with Crippen molar-refractivity contribution in [2.75, 3.05) is 5.32 Å². The molecule has 8 nitrogen and oxygen atoms in total. The van der Waals surface area contributed by atoms with E-state index in [-0.39, 0.29) is 6.04 Å². The monoisotopic (exact) mass is 391 g/mol. The maximum atomic E-state index is 12.2. The average molecular weight is 391 g/mol. The predicted octanol–water partition coefficient (Wildman–Crippen LogP) is 2.52. The van der Waals surface area contributed by atoms with Crippen LogP contribution in [0.2, 0.25) is 0 Å². The third-order valence-electron chi connectivity index (χ3n) is 4.80. The molecule has 3 aromatic rings. The fourth-order valence-electron chi connectivity index (χ4n) is 3.22. The van der Waals surface area contributed by atoms with E-state index in [0.29, 0.717) is 23.7 Å². The third kappa shape index (κ3) is 4.60. The van der Waals surface area contributed by atoms with Gasteiger partial charge in [0.2, 0.25) is 5.88 Å². The zero-order chi connectivity index (χ0) is 20.2. The van der Waals surface area contributed by atoms with Crippen molar-refractivity contribution in [1.29, 1.82) is 0 Å². The summed E-state index contributed by atoms with van der Waals surface area (Å²) in [4.78, 5) is 28.6. The number of carbonyl (C=O) groups is 2. The SMILES string of the molecule is Cc1ccc(Oc2ccc(NC(=O)C(=O)NC3CCc4[nH]ncc4C3)cn2)cc1. The fraction of sp³-hybridized carbons (Fsp3) is 0.238. The molecule has 1 aromatic carbocycles. The first-order valence-electron chi connectivity index (χ1n) is 9.40. The van der Waals surface area contributed by atoms with Crippen molar-refractivity contribution in [3.05, 3.63) is 65.6 Å². The van der Waals surface area contributed by atoms with Crippen molar-refractivity contribution >= 4 is 17.5 Å². The minimum atomic E-state index is -0.725. The molecule has 1 aliphatic rings. The molecule has 3 N–H and O–H groups in total. The van der Waals surface area contributed by atoms with Crippen LogP contribution in [0, 0.1) is 6.92 Å². The van der Waals surface area contributed by atoms with Gasteiger partial charge in [-0.25, -0.2) is 4.98 Å². The van der Waals surface area contributed by atoms with Gasteiger partial charge in [0.15, 0.2) is 0 Å². The summed E-state index contributed by atoms with van der Waals surface area (Å²) >= 11 is 0. The van der Waals surface area contributed by atoms with Crippen LogP contribution in [0.3, 0.4) is 0 Å². The molecule has 0 radical (unpaired) electrons. The molecule has 0 bridgehead atoms. The fourth-order valence-corrected chi connectivity index (χ4v) is 3.22. The van der Waals surface area contributed by atoms with Crippen molar-refractivity contribution in [1.82, 2.24) is 20.5 Å². The van der Waals surface area contributed by atoms with Crippen LogP contribution < -0.4 is 15.4 Å². The van der Waals surface area contributed by atoms with Crippen LogP contribution in [-0.2, 0) is 22.4 Å². The van der Waals surface area contributed by atoms with E-state index in [1.165, 1.54) is 6.20 Å². The van der Waals surface area contributed by atoms with Crippen molar-refractivity contribution in [2.45, 2.75) is 32.2 Å². The molecule has 2 amide bonds. The molecule has 0 aliphatic heterocycles. The first-order chi connectivity index (χ1) is 14.1. The highest BCUT2D eigenvalue weighted by atomic mass is 16.5. The largest absolute Gasteiger partial charge is 0.439 e. The second kappa shape index (κ2) is 8.14. The molecule has 4 rings (SSSR count). The van der Waals surface area contributed by atoms with Crippen LogP contribution in [0.1, 0.15) is 23.2 Å². The zero-order valence-corrected chi connectivity index (χ0v) is 15.9. The summed E-state index contributed by atoms with van der Waals surface area (Å²) < 4.78 is 5.65. The Labute approximate surface area is 167 Å². The standard InChI is InChI=1S/C21H21N5O3/c1-13-2-6-17(7-3-13)29-19-9-5-16(12-22-19)25-21(28)20(27)24-15-4-8-18-14(10-15)11-23-26-18/h2-3,5-7,9,11-12,15H,4,8,10H2,1H3,(H,23,26)(H,24,27)(H,25,28). The van der Waals surface area contributed by atoms with E-state index in [9.17, 15) is 9.59 Å². The number of nitrogens with zero attached hydrogens (tertiary/aromatic N) is 2. The molecule has 1 aliphatic carbocycles. The molecule has 0 fully saturated rings. The number of rotatable bonds is 4. The molecule has 8 heteroatoms. The van der Waals surface area contributed by atoms with Crippen LogP contribution in [0.15, 0.2) is 48.8 Å². The summed E-state index contributed by atoms with van der Waals surface area (Å²) in [6.45, 7) is 2.00. The summed E-state index contributed by atoms with van der Waals surface area (Å²) in [7, 11) is 0. The predicted molar refractivity (Wildman–Crippen MR) is 107 cm³/mol. The number of carbonyl (C=O) groups excluding carboxylic acids is 2. The first-order valence-corrected chi connectivity index (χ1v) is 9.40. The van der Waals surface area contributed by atoms with Gasteiger partial charge in [-0.3, -0.25) is 14.7 Å². The number of H-pyrrole nitrogens is 1. The number of aromatic amines is 1. The van der Waals surface area contributed by atoms with Gasteiger partial charge in [-0.05, 0) is 49.9 Å². The highest BCUT2D eigenvalue weighted by molar-refractivity contribution is 6.39. The lowest BCUT2D eigenvalue weighted by Gasteiger charge is -2.22. The van der Waals surface area contributed by atoms with Gasteiger partial charge in [0, 0.05) is 17.8 Å². The Balaban J connectivity index is 1.30.